The zero-order valence-corrected chi connectivity index (χ0v) is 19.5. The number of hydrogen-bond acceptors (Lipinski definition) is 6. The number of piperidine rings is 1. The minimum atomic E-state index is -0.135. The Balaban J connectivity index is 1.27. The number of benzene rings is 2. The van der Waals surface area contributed by atoms with Gasteiger partial charge in [0, 0.05) is 34.8 Å². The van der Waals surface area contributed by atoms with Gasteiger partial charge < -0.3 is 15.2 Å². The van der Waals surface area contributed by atoms with Crippen LogP contribution in [-0.4, -0.2) is 39.9 Å². The number of likely N-dealkylation sites (tertiary alicyclic amines) is 1. The Morgan fingerprint density at radius 2 is 1.73 bits per heavy atom. The Hall–Kier alpha value is -2.94. The van der Waals surface area contributed by atoms with Gasteiger partial charge in [-0.1, -0.05) is 28.4 Å². The number of nitrogens with zero attached hydrogens (tertiary/aromatic N) is 3. The van der Waals surface area contributed by atoms with Crippen LogP contribution >= 0.6 is 23.2 Å². The molecule has 2 aromatic carbocycles. The van der Waals surface area contributed by atoms with Crippen molar-refractivity contribution in [3.63, 3.8) is 0 Å². The standard InChI is InChI=1S/C23H23Cl2N5O3/c1-14(31)26-17-3-5-18(6-4-17)27-23(32)15-8-10-30(11-9-15)13-21-28-22(29-33-21)19-7-2-16(24)12-20(19)25/h2-7,12,15H,8-11,13H2,1H3,(H,26,31)(H,27,32). The van der Waals surface area contributed by atoms with E-state index in [0.29, 0.717) is 45.2 Å². The average molecular weight is 488 g/mol. The van der Waals surface area contributed by atoms with Crippen LogP contribution in [0.3, 0.4) is 0 Å². The Bertz CT molecular complexity index is 1140. The quantitative estimate of drug-likeness (QED) is 0.515. The first-order valence-corrected chi connectivity index (χ1v) is 11.3. The lowest BCUT2D eigenvalue weighted by Gasteiger charge is -2.30. The second-order valence-corrected chi connectivity index (χ2v) is 8.78. The normalized spacial score (nSPS) is 14.8. The smallest absolute Gasteiger partial charge is 0.241 e. The van der Waals surface area contributed by atoms with E-state index in [1.165, 1.54) is 6.92 Å². The molecule has 1 aliphatic rings. The van der Waals surface area contributed by atoms with Crippen LogP contribution < -0.4 is 10.6 Å². The van der Waals surface area contributed by atoms with E-state index in [0.717, 1.165) is 25.9 Å². The number of hydrogen-bond donors (Lipinski definition) is 2. The Labute approximate surface area is 201 Å². The number of amides is 2. The highest BCUT2D eigenvalue weighted by atomic mass is 35.5. The lowest BCUT2D eigenvalue weighted by atomic mass is 9.96. The molecule has 2 amide bonds. The number of anilines is 2. The summed E-state index contributed by atoms with van der Waals surface area (Å²) in [7, 11) is 0. The molecule has 172 valence electrons. The van der Waals surface area contributed by atoms with Crippen LogP contribution in [0.25, 0.3) is 11.4 Å². The van der Waals surface area contributed by atoms with Gasteiger partial charge in [-0.2, -0.15) is 4.98 Å². The van der Waals surface area contributed by atoms with Crippen LogP contribution in [0, 0.1) is 5.92 Å². The monoisotopic (exact) mass is 487 g/mol. The molecule has 10 heteroatoms. The highest BCUT2D eigenvalue weighted by Gasteiger charge is 2.26. The van der Waals surface area contributed by atoms with E-state index in [1.807, 2.05) is 0 Å². The molecule has 0 aliphatic carbocycles. The van der Waals surface area contributed by atoms with E-state index < -0.39 is 0 Å². The van der Waals surface area contributed by atoms with E-state index in [1.54, 1.807) is 42.5 Å². The lowest BCUT2D eigenvalue weighted by molar-refractivity contribution is -0.121. The summed E-state index contributed by atoms with van der Waals surface area (Å²) in [5.41, 5.74) is 2.06. The Morgan fingerprint density at radius 3 is 2.36 bits per heavy atom. The van der Waals surface area contributed by atoms with Gasteiger partial charge in [0.2, 0.25) is 23.5 Å². The molecule has 33 heavy (non-hydrogen) atoms. The van der Waals surface area contributed by atoms with Crippen LogP contribution in [0.4, 0.5) is 11.4 Å². The number of carbonyl (C=O) groups excluding carboxylic acids is 2. The van der Waals surface area contributed by atoms with Gasteiger partial charge in [0.15, 0.2) is 0 Å². The molecule has 1 aliphatic heterocycles. The summed E-state index contributed by atoms with van der Waals surface area (Å²) in [5, 5.41) is 10.7. The SMILES string of the molecule is CC(=O)Nc1ccc(NC(=O)C2CCN(Cc3nc(-c4ccc(Cl)cc4Cl)no3)CC2)cc1. The predicted molar refractivity (Wildman–Crippen MR) is 127 cm³/mol. The average Bonchev–Trinajstić information content (AvgIpc) is 3.23. The molecule has 1 fully saturated rings. The van der Waals surface area contributed by atoms with Crippen molar-refractivity contribution in [2.24, 2.45) is 5.92 Å². The van der Waals surface area contributed by atoms with Crippen LogP contribution in [0.15, 0.2) is 47.0 Å². The molecule has 0 spiro atoms. The topological polar surface area (TPSA) is 100 Å². The van der Waals surface area contributed by atoms with Crippen LogP contribution in [0.5, 0.6) is 0 Å². The number of nitrogens with one attached hydrogen (secondary N) is 2. The first-order valence-electron chi connectivity index (χ1n) is 10.6. The maximum atomic E-state index is 12.6. The van der Waals surface area contributed by atoms with Crippen molar-refractivity contribution in [3.05, 3.63) is 58.4 Å². The summed E-state index contributed by atoms with van der Waals surface area (Å²) >= 11 is 12.2. The highest BCUT2D eigenvalue weighted by Crippen LogP contribution is 2.29. The van der Waals surface area contributed by atoms with E-state index in [-0.39, 0.29) is 17.7 Å². The highest BCUT2D eigenvalue weighted by molar-refractivity contribution is 6.36. The number of carbonyl (C=O) groups is 2. The van der Waals surface area contributed by atoms with E-state index in [9.17, 15) is 9.59 Å². The first-order chi connectivity index (χ1) is 15.9. The van der Waals surface area contributed by atoms with Crippen molar-refractivity contribution in [2.45, 2.75) is 26.3 Å². The van der Waals surface area contributed by atoms with Gasteiger partial charge in [-0.15, -0.1) is 0 Å². The van der Waals surface area contributed by atoms with Crippen molar-refractivity contribution in [2.75, 3.05) is 23.7 Å². The molecule has 3 aromatic rings. The van der Waals surface area contributed by atoms with Crippen molar-refractivity contribution >= 4 is 46.4 Å². The van der Waals surface area contributed by atoms with Gasteiger partial charge in [-0.3, -0.25) is 14.5 Å². The third-order valence-corrected chi connectivity index (χ3v) is 5.98. The minimum absolute atomic E-state index is 0.000570. The summed E-state index contributed by atoms with van der Waals surface area (Å²) < 4.78 is 5.39. The molecule has 0 radical (unpaired) electrons. The molecule has 4 rings (SSSR count). The molecule has 2 N–H and O–H groups in total. The minimum Gasteiger partial charge on any atom is -0.338 e. The van der Waals surface area contributed by atoms with Crippen molar-refractivity contribution < 1.29 is 14.1 Å². The Kier molecular flexibility index (Phi) is 7.27. The number of aromatic nitrogens is 2. The maximum absolute atomic E-state index is 12.6. The summed E-state index contributed by atoms with van der Waals surface area (Å²) in [6.45, 7) is 3.46. The molecule has 1 saturated heterocycles. The van der Waals surface area contributed by atoms with Crippen LogP contribution in [-0.2, 0) is 16.1 Å². The van der Waals surface area contributed by atoms with Crippen LogP contribution in [0.2, 0.25) is 10.0 Å². The van der Waals surface area contributed by atoms with Gasteiger partial charge in [-0.05, 0) is 68.4 Å². The summed E-state index contributed by atoms with van der Waals surface area (Å²) in [6, 6.07) is 12.2. The van der Waals surface area contributed by atoms with Gasteiger partial charge in [-0.25, -0.2) is 0 Å². The van der Waals surface area contributed by atoms with Gasteiger partial charge in [0.25, 0.3) is 0 Å². The van der Waals surface area contributed by atoms with E-state index in [4.69, 9.17) is 27.7 Å². The largest absolute Gasteiger partial charge is 0.338 e. The molecule has 8 nitrogen and oxygen atoms in total. The number of halogens is 2. The van der Waals surface area contributed by atoms with Crippen LogP contribution in [0.1, 0.15) is 25.7 Å². The molecule has 0 atom stereocenters. The predicted octanol–water partition coefficient (Wildman–Crippen LogP) is 4.85. The Morgan fingerprint density at radius 1 is 1.06 bits per heavy atom. The van der Waals surface area contributed by atoms with E-state index in [2.05, 4.69) is 25.7 Å². The zero-order chi connectivity index (χ0) is 23.4. The van der Waals surface area contributed by atoms with Gasteiger partial charge >= 0.3 is 0 Å². The van der Waals surface area contributed by atoms with E-state index >= 15 is 0 Å². The third-order valence-electron chi connectivity index (χ3n) is 5.43. The third kappa shape index (κ3) is 6.10. The van der Waals surface area contributed by atoms with Crippen molar-refractivity contribution in [1.29, 1.82) is 0 Å². The van der Waals surface area contributed by atoms with Gasteiger partial charge in [0.1, 0.15) is 0 Å². The molecule has 0 bridgehead atoms. The summed E-state index contributed by atoms with van der Waals surface area (Å²) in [5.74, 6) is 0.717. The number of rotatable bonds is 6. The van der Waals surface area contributed by atoms with Gasteiger partial charge in [0.05, 0.1) is 11.6 Å². The molecule has 0 saturated carbocycles. The zero-order valence-electron chi connectivity index (χ0n) is 18.0. The summed E-state index contributed by atoms with van der Waals surface area (Å²) in [4.78, 5) is 30.4. The molecule has 2 heterocycles. The second kappa shape index (κ2) is 10.3. The molecule has 1 aromatic heterocycles. The lowest BCUT2D eigenvalue weighted by Crippen LogP contribution is -2.37. The fourth-order valence-corrected chi connectivity index (χ4v) is 4.22. The fraction of sp³-hybridized carbons (Fsp3) is 0.304. The molecular formula is C23H23Cl2N5O3. The molecule has 0 unspecified atom stereocenters. The second-order valence-electron chi connectivity index (χ2n) is 7.93. The van der Waals surface area contributed by atoms with Crippen molar-refractivity contribution in [3.8, 4) is 11.4 Å². The summed E-state index contributed by atoms with van der Waals surface area (Å²) in [6.07, 6.45) is 1.47. The first kappa shape index (κ1) is 23.2. The molecular weight excluding hydrogens is 465 g/mol. The maximum Gasteiger partial charge on any atom is 0.241 e. The van der Waals surface area contributed by atoms with Crippen molar-refractivity contribution in [1.82, 2.24) is 15.0 Å². The fourth-order valence-electron chi connectivity index (χ4n) is 3.73.